The third-order valence-corrected chi connectivity index (χ3v) is 1.99. The zero-order valence-corrected chi connectivity index (χ0v) is 6.02. The van der Waals surface area contributed by atoms with Gasteiger partial charge in [0, 0.05) is 6.54 Å². The van der Waals surface area contributed by atoms with Gasteiger partial charge in [0.25, 0.3) is 0 Å². The number of hydrogen-bond donors (Lipinski definition) is 1. The Labute approximate surface area is 56.5 Å². The minimum atomic E-state index is 0.880. The van der Waals surface area contributed by atoms with Crippen LogP contribution in [0.25, 0.3) is 0 Å². The summed E-state index contributed by atoms with van der Waals surface area (Å²) in [5.41, 5.74) is 2.89. The molecule has 2 nitrogen and oxygen atoms in total. The summed E-state index contributed by atoms with van der Waals surface area (Å²) in [6.45, 7) is 1.04. The number of hydroxylamine groups is 1. The Hall–Kier alpha value is -0.0800. The van der Waals surface area contributed by atoms with Crippen LogP contribution in [0.4, 0.5) is 0 Å². The molecule has 0 amide bonds. The Morgan fingerprint density at radius 3 is 2.67 bits per heavy atom. The monoisotopic (exact) mass is 129 g/mol. The van der Waals surface area contributed by atoms with Gasteiger partial charge in [0.2, 0.25) is 0 Å². The Kier molecular flexibility index (Phi) is 3.01. The van der Waals surface area contributed by atoms with E-state index in [4.69, 9.17) is 4.84 Å². The molecule has 0 radical (unpaired) electrons. The van der Waals surface area contributed by atoms with Crippen LogP contribution in [0.1, 0.15) is 25.7 Å². The van der Waals surface area contributed by atoms with Gasteiger partial charge < -0.3 is 4.84 Å². The van der Waals surface area contributed by atoms with Crippen molar-refractivity contribution >= 4 is 0 Å². The fraction of sp³-hybridized carbons (Fsp3) is 1.00. The largest absolute Gasteiger partial charge is 0.305 e. The van der Waals surface area contributed by atoms with Gasteiger partial charge in [0.05, 0.1) is 7.11 Å². The van der Waals surface area contributed by atoms with Gasteiger partial charge in [-0.15, -0.1) is 0 Å². The van der Waals surface area contributed by atoms with Crippen molar-refractivity contribution in [1.82, 2.24) is 5.48 Å². The molecule has 0 atom stereocenters. The molecule has 0 spiro atoms. The smallest absolute Gasteiger partial charge is 0.0572 e. The van der Waals surface area contributed by atoms with Gasteiger partial charge in [0.15, 0.2) is 0 Å². The quantitative estimate of drug-likeness (QED) is 0.580. The van der Waals surface area contributed by atoms with E-state index in [0.29, 0.717) is 0 Å². The van der Waals surface area contributed by atoms with Crippen LogP contribution in [0.15, 0.2) is 0 Å². The van der Waals surface area contributed by atoms with E-state index in [1.807, 2.05) is 0 Å². The van der Waals surface area contributed by atoms with E-state index in [9.17, 15) is 0 Å². The first-order chi connectivity index (χ1) is 4.43. The van der Waals surface area contributed by atoms with Crippen LogP contribution in [0.2, 0.25) is 0 Å². The first-order valence-corrected chi connectivity index (χ1v) is 3.69. The lowest BCUT2D eigenvalue weighted by molar-refractivity contribution is 0.0804. The van der Waals surface area contributed by atoms with Crippen molar-refractivity contribution in [3.8, 4) is 0 Å². The highest BCUT2D eigenvalue weighted by Crippen LogP contribution is 2.23. The van der Waals surface area contributed by atoms with E-state index < -0.39 is 0 Å². The van der Waals surface area contributed by atoms with Gasteiger partial charge in [-0.2, -0.15) is 0 Å². The summed E-state index contributed by atoms with van der Waals surface area (Å²) in [7, 11) is 1.68. The number of nitrogens with one attached hydrogen (secondary N) is 1. The fourth-order valence-corrected chi connectivity index (χ4v) is 1.42. The third kappa shape index (κ3) is 2.33. The first-order valence-electron chi connectivity index (χ1n) is 3.69. The summed E-state index contributed by atoms with van der Waals surface area (Å²) in [4.78, 5) is 4.75. The number of rotatable bonds is 3. The van der Waals surface area contributed by atoms with Crippen LogP contribution in [-0.4, -0.2) is 13.7 Å². The second-order valence-corrected chi connectivity index (χ2v) is 2.70. The molecule has 1 saturated carbocycles. The highest BCUT2D eigenvalue weighted by atomic mass is 16.6. The van der Waals surface area contributed by atoms with Crippen molar-refractivity contribution in [3.63, 3.8) is 0 Å². The zero-order chi connectivity index (χ0) is 6.53. The van der Waals surface area contributed by atoms with Crippen LogP contribution in [0.3, 0.4) is 0 Å². The van der Waals surface area contributed by atoms with E-state index >= 15 is 0 Å². The molecule has 0 aromatic heterocycles. The van der Waals surface area contributed by atoms with Crippen LogP contribution in [-0.2, 0) is 4.84 Å². The van der Waals surface area contributed by atoms with Crippen molar-refractivity contribution in [2.75, 3.05) is 13.7 Å². The molecule has 2 heteroatoms. The van der Waals surface area contributed by atoms with Gasteiger partial charge in [-0.05, 0) is 18.8 Å². The van der Waals surface area contributed by atoms with Crippen LogP contribution in [0.5, 0.6) is 0 Å². The van der Waals surface area contributed by atoms with E-state index in [1.54, 1.807) is 7.11 Å². The second-order valence-electron chi connectivity index (χ2n) is 2.70. The van der Waals surface area contributed by atoms with E-state index in [2.05, 4.69) is 5.48 Å². The highest BCUT2D eigenvalue weighted by molar-refractivity contribution is 4.67. The molecule has 0 bridgehead atoms. The Bertz CT molecular complexity index is 69.3. The third-order valence-electron chi connectivity index (χ3n) is 1.99. The van der Waals surface area contributed by atoms with Crippen molar-refractivity contribution in [1.29, 1.82) is 0 Å². The summed E-state index contributed by atoms with van der Waals surface area (Å²) in [6, 6.07) is 0. The van der Waals surface area contributed by atoms with E-state index in [1.165, 1.54) is 25.7 Å². The van der Waals surface area contributed by atoms with Gasteiger partial charge in [-0.1, -0.05) is 12.8 Å². The molecule has 1 aliphatic rings. The summed E-state index contributed by atoms with van der Waals surface area (Å²) >= 11 is 0. The predicted molar refractivity (Wildman–Crippen MR) is 37.0 cm³/mol. The van der Waals surface area contributed by atoms with Crippen LogP contribution < -0.4 is 5.48 Å². The molecule has 0 heterocycles. The molecule has 1 rings (SSSR count). The molecule has 0 saturated heterocycles. The van der Waals surface area contributed by atoms with Crippen molar-refractivity contribution < 1.29 is 4.84 Å². The lowest BCUT2D eigenvalue weighted by Crippen LogP contribution is -2.19. The van der Waals surface area contributed by atoms with Gasteiger partial charge in [-0.25, -0.2) is 5.48 Å². The minimum Gasteiger partial charge on any atom is -0.305 e. The molecule has 0 unspecified atom stereocenters. The first kappa shape index (κ1) is 7.03. The molecular formula is C7H15NO. The average Bonchev–Trinajstić information content (AvgIpc) is 2.34. The van der Waals surface area contributed by atoms with E-state index in [0.717, 1.165) is 12.5 Å². The van der Waals surface area contributed by atoms with Crippen LogP contribution in [0, 0.1) is 5.92 Å². The molecule has 1 N–H and O–H groups in total. The maximum Gasteiger partial charge on any atom is 0.0572 e. The topological polar surface area (TPSA) is 21.3 Å². The molecule has 54 valence electrons. The molecule has 9 heavy (non-hydrogen) atoms. The summed E-state index contributed by atoms with van der Waals surface area (Å²) in [5, 5.41) is 0. The van der Waals surface area contributed by atoms with Gasteiger partial charge in [-0.3, -0.25) is 0 Å². The fourth-order valence-electron chi connectivity index (χ4n) is 1.42. The van der Waals surface area contributed by atoms with Gasteiger partial charge in [0.1, 0.15) is 0 Å². The SMILES string of the molecule is CONCC1CCCC1. The summed E-state index contributed by atoms with van der Waals surface area (Å²) in [5.74, 6) is 0.880. The minimum absolute atomic E-state index is 0.880. The Morgan fingerprint density at radius 2 is 2.11 bits per heavy atom. The summed E-state index contributed by atoms with van der Waals surface area (Å²) in [6.07, 6.45) is 5.60. The lowest BCUT2D eigenvalue weighted by Gasteiger charge is -2.07. The van der Waals surface area contributed by atoms with Gasteiger partial charge >= 0.3 is 0 Å². The normalized spacial score (nSPS) is 21.0. The highest BCUT2D eigenvalue weighted by Gasteiger charge is 2.13. The van der Waals surface area contributed by atoms with Crippen molar-refractivity contribution in [2.24, 2.45) is 5.92 Å². The van der Waals surface area contributed by atoms with E-state index in [-0.39, 0.29) is 0 Å². The standard InChI is InChI=1S/C7H15NO/c1-9-8-6-7-4-2-3-5-7/h7-8H,2-6H2,1H3. The van der Waals surface area contributed by atoms with Crippen LogP contribution >= 0.6 is 0 Å². The van der Waals surface area contributed by atoms with Crippen molar-refractivity contribution in [3.05, 3.63) is 0 Å². The van der Waals surface area contributed by atoms with Crippen molar-refractivity contribution in [2.45, 2.75) is 25.7 Å². The Balaban J connectivity index is 1.98. The summed E-state index contributed by atoms with van der Waals surface area (Å²) < 4.78 is 0. The number of hydrogen-bond acceptors (Lipinski definition) is 2. The second kappa shape index (κ2) is 3.85. The molecule has 1 fully saturated rings. The molecular weight excluding hydrogens is 114 g/mol. The maximum absolute atomic E-state index is 4.75. The lowest BCUT2D eigenvalue weighted by atomic mass is 10.1. The average molecular weight is 129 g/mol. The molecule has 1 aliphatic carbocycles. The molecule has 0 aliphatic heterocycles. The predicted octanol–water partition coefficient (Wildman–Crippen LogP) is 1.33. The Morgan fingerprint density at radius 1 is 1.44 bits per heavy atom. The molecule has 0 aromatic carbocycles. The zero-order valence-electron chi connectivity index (χ0n) is 6.02. The maximum atomic E-state index is 4.75. The molecule has 0 aromatic rings.